The van der Waals surface area contributed by atoms with Crippen LogP contribution < -0.4 is 15.4 Å². The average Bonchev–Trinajstić information content (AvgIpc) is 2.49. The van der Waals surface area contributed by atoms with Crippen LogP contribution in [0.4, 0.5) is 17.5 Å². The summed E-state index contributed by atoms with van der Waals surface area (Å²) in [5.74, 6) is 2.65. The SMILES string of the molecule is COc1cc(Cl)c(C)cc1Nc1nc(C)cc(NCCC(C)C)n1. The number of halogens is 1. The van der Waals surface area contributed by atoms with E-state index in [4.69, 9.17) is 16.3 Å². The molecule has 130 valence electrons. The van der Waals surface area contributed by atoms with E-state index in [9.17, 15) is 0 Å². The molecule has 1 heterocycles. The molecule has 0 aliphatic rings. The van der Waals surface area contributed by atoms with Gasteiger partial charge in [-0.2, -0.15) is 4.98 Å². The van der Waals surface area contributed by atoms with Gasteiger partial charge in [-0.15, -0.1) is 0 Å². The van der Waals surface area contributed by atoms with Crippen LogP contribution in [0.2, 0.25) is 5.02 Å². The Hall–Kier alpha value is -2.01. The second-order valence-corrected chi connectivity index (χ2v) is 6.66. The van der Waals surface area contributed by atoms with E-state index in [2.05, 4.69) is 34.4 Å². The van der Waals surface area contributed by atoms with Crippen LogP contribution in [0.1, 0.15) is 31.5 Å². The summed E-state index contributed by atoms with van der Waals surface area (Å²) in [6.45, 7) is 9.19. The third-order valence-electron chi connectivity index (χ3n) is 3.61. The molecule has 2 N–H and O–H groups in total. The highest BCUT2D eigenvalue weighted by atomic mass is 35.5. The number of ether oxygens (including phenoxy) is 1. The Bertz CT molecular complexity index is 704. The van der Waals surface area contributed by atoms with Crippen molar-refractivity contribution < 1.29 is 4.74 Å². The Kier molecular flexibility index (Phi) is 6.26. The Morgan fingerprint density at radius 1 is 1.17 bits per heavy atom. The van der Waals surface area contributed by atoms with Gasteiger partial charge in [-0.25, -0.2) is 4.98 Å². The monoisotopic (exact) mass is 348 g/mol. The van der Waals surface area contributed by atoms with Gasteiger partial charge in [0, 0.05) is 29.4 Å². The number of benzene rings is 1. The number of anilines is 3. The fraction of sp³-hybridized carbons (Fsp3) is 0.444. The molecule has 0 saturated heterocycles. The van der Waals surface area contributed by atoms with Gasteiger partial charge in [-0.3, -0.25) is 0 Å². The Labute approximate surface area is 148 Å². The van der Waals surface area contributed by atoms with Crippen LogP contribution in [0.15, 0.2) is 18.2 Å². The first kappa shape index (κ1) is 18.3. The number of rotatable bonds is 7. The topological polar surface area (TPSA) is 59.1 Å². The van der Waals surface area contributed by atoms with Crippen molar-refractivity contribution in [3.63, 3.8) is 0 Å². The molecule has 0 radical (unpaired) electrons. The summed E-state index contributed by atoms with van der Waals surface area (Å²) in [4.78, 5) is 8.98. The predicted molar refractivity (Wildman–Crippen MR) is 101 cm³/mol. The number of nitrogens with zero attached hydrogens (tertiary/aromatic N) is 2. The highest BCUT2D eigenvalue weighted by Gasteiger charge is 2.10. The second-order valence-electron chi connectivity index (χ2n) is 6.25. The molecule has 5 nitrogen and oxygen atoms in total. The largest absolute Gasteiger partial charge is 0.495 e. The van der Waals surface area contributed by atoms with Crippen LogP contribution in [-0.2, 0) is 0 Å². The van der Waals surface area contributed by atoms with Crippen LogP contribution in [0, 0.1) is 19.8 Å². The van der Waals surface area contributed by atoms with E-state index < -0.39 is 0 Å². The van der Waals surface area contributed by atoms with Gasteiger partial charge in [0.25, 0.3) is 0 Å². The number of hydrogen-bond acceptors (Lipinski definition) is 5. The zero-order valence-electron chi connectivity index (χ0n) is 14.9. The number of methoxy groups -OCH3 is 1. The summed E-state index contributed by atoms with van der Waals surface area (Å²) in [7, 11) is 1.61. The Balaban J connectivity index is 2.20. The van der Waals surface area contributed by atoms with E-state index in [-0.39, 0.29) is 0 Å². The molecular formula is C18H25ClN4O. The highest BCUT2D eigenvalue weighted by Crippen LogP contribution is 2.32. The molecule has 1 aromatic heterocycles. The normalized spacial score (nSPS) is 10.8. The maximum Gasteiger partial charge on any atom is 0.229 e. The summed E-state index contributed by atoms with van der Waals surface area (Å²) in [6.07, 6.45) is 1.09. The molecule has 0 atom stereocenters. The lowest BCUT2D eigenvalue weighted by Crippen LogP contribution is -2.08. The number of nitrogens with one attached hydrogen (secondary N) is 2. The van der Waals surface area contributed by atoms with Gasteiger partial charge in [-0.05, 0) is 37.8 Å². The zero-order valence-corrected chi connectivity index (χ0v) is 15.7. The number of hydrogen-bond donors (Lipinski definition) is 2. The molecule has 0 saturated carbocycles. The van der Waals surface area contributed by atoms with Crippen molar-refractivity contribution >= 4 is 29.1 Å². The van der Waals surface area contributed by atoms with Gasteiger partial charge < -0.3 is 15.4 Å². The molecule has 0 aliphatic heterocycles. The lowest BCUT2D eigenvalue weighted by Gasteiger charge is -2.14. The first-order valence-electron chi connectivity index (χ1n) is 8.09. The van der Waals surface area contributed by atoms with Crippen LogP contribution in [0.5, 0.6) is 5.75 Å². The van der Waals surface area contributed by atoms with Crippen molar-refractivity contribution in [1.29, 1.82) is 0 Å². The van der Waals surface area contributed by atoms with E-state index in [1.807, 2.05) is 26.0 Å². The van der Waals surface area contributed by atoms with Crippen molar-refractivity contribution in [3.8, 4) is 5.75 Å². The maximum atomic E-state index is 6.15. The maximum absolute atomic E-state index is 6.15. The summed E-state index contributed by atoms with van der Waals surface area (Å²) >= 11 is 6.15. The third-order valence-corrected chi connectivity index (χ3v) is 4.02. The van der Waals surface area contributed by atoms with Gasteiger partial charge in [0.15, 0.2) is 0 Å². The smallest absolute Gasteiger partial charge is 0.229 e. The van der Waals surface area contributed by atoms with Crippen molar-refractivity contribution in [2.45, 2.75) is 34.1 Å². The summed E-state index contributed by atoms with van der Waals surface area (Å²) in [6, 6.07) is 5.66. The van der Waals surface area contributed by atoms with Crippen molar-refractivity contribution in [2.75, 3.05) is 24.3 Å². The lowest BCUT2D eigenvalue weighted by molar-refractivity contribution is 0.416. The Morgan fingerprint density at radius 2 is 1.92 bits per heavy atom. The van der Waals surface area contributed by atoms with Gasteiger partial charge in [-0.1, -0.05) is 25.4 Å². The number of aryl methyl sites for hydroxylation is 2. The van der Waals surface area contributed by atoms with Crippen LogP contribution in [0.3, 0.4) is 0 Å². The van der Waals surface area contributed by atoms with Gasteiger partial charge >= 0.3 is 0 Å². The quantitative estimate of drug-likeness (QED) is 0.740. The van der Waals surface area contributed by atoms with Crippen LogP contribution in [0.25, 0.3) is 0 Å². The van der Waals surface area contributed by atoms with E-state index in [1.165, 1.54) is 0 Å². The first-order chi connectivity index (χ1) is 11.4. The fourth-order valence-corrected chi connectivity index (χ4v) is 2.41. The molecule has 0 unspecified atom stereocenters. The van der Waals surface area contributed by atoms with Gasteiger partial charge in [0.1, 0.15) is 11.6 Å². The van der Waals surface area contributed by atoms with Crippen molar-refractivity contribution in [1.82, 2.24) is 9.97 Å². The highest BCUT2D eigenvalue weighted by molar-refractivity contribution is 6.31. The van der Waals surface area contributed by atoms with Crippen molar-refractivity contribution in [3.05, 3.63) is 34.5 Å². The Morgan fingerprint density at radius 3 is 2.58 bits per heavy atom. The molecule has 2 aromatic rings. The lowest BCUT2D eigenvalue weighted by atomic mass is 10.1. The molecule has 0 fully saturated rings. The average molecular weight is 349 g/mol. The molecule has 6 heteroatoms. The minimum atomic E-state index is 0.530. The molecular weight excluding hydrogens is 324 g/mol. The molecule has 0 spiro atoms. The number of aromatic nitrogens is 2. The minimum absolute atomic E-state index is 0.530. The summed E-state index contributed by atoms with van der Waals surface area (Å²) < 4.78 is 5.39. The molecule has 2 rings (SSSR count). The predicted octanol–water partition coefficient (Wildman–Crippen LogP) is 4.96. The molecule has 0 amide bonds. The molecule has 24 heavy (non-hydrogen) atoms. The van der Waals surface area contributed by atoms with Crippen molar-refractivity contribution in [2.24, 2.45) is 5.92 Å². The fourth-order valence-electron chi connectivity index (χ4n) is 2.25. The molecule has 1 aromatic carbocycles. The first-order valence-corrected chi connectivity index (χ1v) is 8.47. The van der Waals surface area contributed by atoms with E-state index in [0.29, 0.717) is 22.6 Å². The summed E-state index contributed by atoms with van der Waals surface area (Å²) in [5.41, 5.74) is 2.64. The molecule has 0 aliphatic carbocycles. The standard InChI is InChI=1S/C18H25ClN4O/c1-11(2)6-7-20-17-9-13(4)21-18(23-17)22-15-8-12(3)14(19)10-16(15)24-5/h8-11H,6-7H2,1-5H3,(H2,20,21,22,23). The van der Waals surface area contributed by atoms with E-state index >= 15 is 0 Å². The van der Waals surface area contributed by atoms with Crippen LogP contribution >= 0.6 is 11.6 Å². The summed E-state index contributed by atoms with van der Waals surface area (Å²) in [5, 5.41) is 7.24. The van der Waals surface area contributed by atoms with Gasteiger partial charge in [0.05, 0.1) is 12.8 Å². The zero-order chi connectivity index (χ0) is 17.7. The van der Waals surface area contributed by atoms with E-state index in [0.717, 1.165) is 35.7 Å². The van der Waals surface area contributed by atoms with E-state index in [1.54, 1.807) is 13.2 Å². The molecule has 0 bridgehead atoms. The van der Waals surface area contributed by atoms with Crippen LogP contribution in [-0.4, -0.2) is 23.6 Å². The minimum Gasteiger partial charge on any atom is -0.495 e. The third kappa shape index (κ3) is 4.99. The van der Waals surface area contributed by atoms with Gasteiger partial charge in [0.2, 0.25) is 5.95 Å². The second kappa shape index (κ2) is 8.20.